The van der Waals surface area contributed by atoms with E-state index in [1.165, 1.54) is 5.56 Å². The molecule has 0 spiro atoms. The summed E-state index contributed by atoms with van der Waals surface area (Å²) < 4.78 is 5.52. The molecule has 19 heavy (non-hydrogen) atoms. The Morgan fingerprint density at radius 2 is 1.68 bits per heavy atom. The average Bonchev–Trinajstić information content (AvgIpc) is 2.47. The zero-order chi connectivity index (χ0) is 13.7. The van der Waals surface area contributed by atoms with Crippen molar-refractivity contribution in [2.75, 3.05) is 6.61 Å². The lowest BCUT2D eigenvalue weighted by atomic mass is 9.99. The van der Waals surface area contributed by atoms with Gasteiger partial charge in [0.1, 0.15) is 11.9 Å². The van der Waals surface area contributed by atoms with Crippen LogP contribution in [0.25, 0.3) is 0 Å². The van der Waals surface area contributed by atoms with Gasteiger partial charge >= 0.3 is 0 Å². The number of benzene rings is 2. The normalized spacial score (nSPS) is 12.2. The fourth-order valence-corrected chi connectivity index (χ4v) is 2.09. The molecule has 2 rings (SSSR count). The summed E-state index contributed by atoms with van der Waals surface area (Å²) in [6.07, 6.45) is 0.0907. The molecule has 0 bridgehead atoms. The Morgan fingerprint density at radius 1 is 1.00 bits per heavy atom. The lowest BCUT2D eigenvalue weighted by Gasteiger charge is -2.14. The van der Waals surface area contributed by atoms with Gasteiger partial charge in [-0.15, -0.1) is 0 Å². The maximum Gasteiger partial charge on any atom is 0.147 e. The second-order valence-electron chi connectivity index (χ2n) is 4.45. The van der Waals surface area contributed by atoms with Crippen molar-refractivity contribution >= 4 is 0 Å². The van der Waals surface area contributed by atoms with E-state index in [-0.39, 0.29) is 0 Å². The summed E-state index contributed by atoms with van der Waals surface area (Å²) in [5.41, 5.74) is 2.73. The van der Waals surface area contributed by atoms with Gasteiger partial charge in [-0.3, -0.25) is 0 Å². The van der Waals surface area contributed by atoms with Crippen LogP contribution in [0.4, 0.5) is 0 Å². The van der Waals surface area contributed by atoms with Gasteiger partial charge in [-0.2, -0.15) is 0 Å². The predicted molar refractivity (Wildman–Crippen MR) is 76.0 cm³/mol. The molecular formula is C17H19O2. The first-order valence-electron chi connectivity index (χ1n) is 6.72. The third-order valence-electron chi connectivity index (χ3n) is 3.19. The van der Waals surface area contributed by atoms with Crippen molar-refractivity contribution in [2.45, 2.75) is 26.4 Å². The van der Waals surface area contributed by atoms with Crippen LogP contribution in [-0.2, 0) is 11.5 Å². The molecule has 0 aliphatic heterocycles. The van der Waals surface area contributed by atoms with Crippen molar-refractivity contribution in [3.63, 3.8) is 0 Å². The molecule has 0 aromatic heterocycles. The van der Waals surface area contributed by atoms with Crippen molar-refractivity contribution < 1.29 is 9.84 Å². The molecule has 2 heteroatoms. The van der Waals surface area contributed by atoms with Gasteiger partial charge in [0.2, 0.25) is 0 Å². The highest BCUT2D eigenvalue weighted by atomic mass is 16.5. The molecule has 1 atom stereocenters. The summed E-state index contributed by atoms with van der Waals surface area (Å²) in [6.45, 7) is 4.60. The fraction of sp³-hybridized carbons (Fsp3) is 0.294. The number of hydrogen-bond donors (Lipinski definition) is 0. The van der Waals surface area contributed by atoms with Crippen LogP contribution in [0.15, 0.2) is 48.5 Å². The number of rotatable bonds is 5. The molecule has 1 unspecified atom stereocenters. The molecule has 0 saturated heterocycles. The van der Waals surface area contributed by atoms with E-state index in [0.717, 1.165) is 12.0 Å². The van der Waals surface area contributed by atoms with Crippen molar-refractivity contribution in [2.24, 2.45) is 0 Å². The first kappa shape index (κ1) is 13.6. The second kappa shape index (κ2) is 6.39. The lowest BCUT2D eigenvalue weighted by molar-refractivity contribution is 0.121. The van der Waals surface area contributed by atoms with Gasteiger partial charge in [0.15, 0.2) is 0 Å². The van der Waals surface area contributed by atoms with Gasteiger partial charge in [-0.05, 0) is 30.5 Å². The highest BCUT2D eigenvalue weighted by molar-refractivity contribution is 5.40. The number of aryl methyl sites for hydroxylation is 1. The zero-order valence-electron chi connectivity index (χ0n) is 11.4. The molecule has 0 amide bonds. The molecule has 1 radical (unpaired) electrons. The van der Waals surface area contributed by atoms with Crippen LogP contribution in [0.1, 0.15) is 36.6 Å². The minimum absolute atomic E-state index is 0.568. The van der Waals surface area contributed by atoms with Crippen molar-refractivity contribution in [1.82, 2.24) is 0 Å². The second-order valence-corrected chi connectivity index (χ2v) is 4.45. The van der Waals surface area contributed by atoms with E-state index in [9.17, 15) is 5.11 Å². The molecule has 0 N–H and O–H groups in total. The summed E-state index contributed by atoms with van der Waals surface area (Å²) in [6, 6.07) is 15.3. The topological polar surface area (TPSA) is 29.1 Å². The highest BCUT2D eigenvalue weighted by Crippen LogP contribution is 2.30. The molecule has 0 aliphatic carbocycles. The number of para-hydroxylation sites is 1. The summed E-state index contributed by atoms with van der Waals surface area (Å²) in [5.74, 6) is 0.685. The van der Waals surface area contributed by atoms with Crippen LogP contribution in [0.3, 0.4) is 0 Å². The Labute approximate surface area is 114 Å². The quantitative estimate of drug-likeness (QED) is 0.788. The summed E-state index contributed by atoms with van der Waals surface area (Å²) >= 11 is 0. The van der Waals surface area contributed by atoms with E-state index in [1.807, 2.05) is 55.5 Å². The van der Waals surface area contributed by atoms with E-state index >= 15 is 0 Å². The monoisotopic (exact) mass is 255 g/mol. The van der Waals surface area contributed by atoms with Gasteiger partial charge in [0.05, 0.1) is 6.61 Å². The van der Waals surface area contributed by atoms with E-state index in [2.05, 4.69) is 6.92 Å². The Balaban J connectivity index is 2.29. The largest absolute Gasteiger partial charge is 0.493 e. The lowest BCUT2D eigenvalue weighted by Crippen LogP contribution is -2.03. The third kappa shape index (κ3) is 3.15. The average molecular weight is 255 g/mol. The molecule has 99 valence electrons. The molecule has 0 saturated carbocycles. The first-order valence-corrected chi connectivity index (χ1v) is 6.72. The Bertz CT molecular complexity index is 517. The van der Waals surface area contributed by atoms with E-state index in [0.29, 0.717) is 17.9 Å². The number of hydrogen-bond acceptors (Lipinski definition) is 1. The van der Waals surface area contributed by atoms with Gasteiger partial charge < -0.3 is 4.74 Å². The summed E-state index contributed by atoms with van der Waals surface area (Å²) in [7, 11) is 0. The molecule has 2 aromatic rings. The highest BCUT2D eigenvalue weighted by Gasteiger charge is 2.16. The van der Waals surface area contributed by atoms with Crippen molar-refractivity contribution in [3.8, 4) is 5.75 Å². The SMILES string of the molecule is CCOc1ccccc1C([O])c1ccc(CC)cc1. The Kier molecular flexibility index (Phi) is 4.58. The van der Waals surface area contributed by atoms with Gasteiger partial charge in [-0.25, -0.2) is 5.11 Å². The maximum absolute atomic E-state index is 12.5. The molecule has 2 nitrogen and oxygen atoms in total. The molecule has 0 heterocycles. The van der Waals surface area contributed by atoms with Crippen molar-refractivity contribution in [3.05, 3.63) is 65.2 Å². The Morgan fingerprint density at radius 3 is 2.32 bits per heavy atom. The smallest absolute Gasteiger partial charge is 0.147 e. The molecule has 0 fully saturated rings. The van der Waals surface area contributed by atoms with Gasteiger partial charge in [0.25, 0.3) is 0 Å². The van der Waals surface area contributed by atoms with Gasteiger partial charge in [0, 0.05) is 5.56 Å². The molecule has 2 aromatic carbocycles. The van der Waals surface area contributed by atoms with Gasteiger partial charge in [-0.1, -0.05) is 49.4 Å². The van der Waals surface area contributed by atoms with E-state index < -0.39 is 6.10 Å². The standard InChI is InChI=1S/C17H19O2/c1-3-13-9-11-14(12-10-13)17(18)15-7-5-6-8-16(15)19-4-2/h5-12,17H,3-4H2,1-2H3. The van der Waals surface area contributed by atoms with Crippen LogP contribution < -0.4 is 4.74 Å². The first-order chi connectivity index (χ1) is 9.26. The minimum Gasteiger partial charge on any atom is -0.493 e. The van der Waals surface area contributed by atoms with Crippen LogP contribution in [0, 0.1) is 0 Å². The zero-order valence-corrected chi connectivity index (χ0v) is 11.4. The maximum atomic E-state index is 12.5. The van der Waals surface area contributed by atoms with Crippen LogP contribution in [0.5, 0.6) is 5.75 Å². The number of ether oxygens (including phenoxy) is 1. The van der Waals surface area contributed by atoms with E-state index in [4.69, 9.17) is 4.74 Å². The molecular weight excluding hydrogens is 236 g/mol. The Hall–Kier alpha value is -1.80. The van der Waals surface area contributed by atoms with Crippen LogP contribution in [0.2, 0.25) is 0 Å². The van der Waals surface area contributed by atoms with Crippen LogP contribution >= 0.6 is 0 Å². The van der Waals surface area contributed by atoms with Crippen LogP contribution in [-0.4, -0.2) is 6.61 Å². The fourth-order valence-electron chi connectivity index (χ4n) is 2.09. The van der Waals surface area contributed by atoms with E-state index in [1.54, 1.807) is 0 Å². The predicted octanol–water partition coefficient (Wildman–Crippen LogP) is 4.17. The third-order valence-corrected chi connectivity index (χ3v) is 3.19. The van der Waals surface area contributed by atoms with Crippen molar-refractivity contribution in [1.29, 1.82) is 0 Å². The molecule has 0 aliphatic rings. The minimum atomic E-state index is -0.895. The summed E-state index contributed by atoms with van der Waals surface area (Å²) in [4.78, 5) is 0. The summed E-state index contributed by atoms with van der Waals surface area (Å²) in [5, 5.41) is 12.5.